The van der Waals surface area contributed by atoms with E-state index in [4.69, 9.17) is 5.73 Å². The molecule has 0 bridgehead atoms. The maximum Gasteiger partial charge on any atom is 0.219 e. The quantitative estimate of drug-likeness (QED) is 0.704. The first-order valence-corrected chi connectivity index (χ1v) is 11.3. The summed E-state index contributed by atoms with van der Waals surface area (Å²) in [6.07, 6.45) is 3.22. The van der Waals surface area contributed by atoms with Gasteiger partial charge in [-0.1, -0.05) is 55.4 Å². The number of thioether (sulfide) groups is 1. The molecule has 28 heavy (non-hydrogen) atoms. The van der Waals surface area contributed by atoms with Gasteiger partial charge in [0.05, 0.1) is 4.90 Å². The lowest BCUT2D eigenvalue weighted by Crippen LogP contribution is -2.24. The van der Waals surface area contributed by atoms with Gasteiger partial charge in [0.2, 0.25) is 9.84 Å². The molecule has 144 valence electrons. The van der Waals surface area contributed by atoms with E-state index in [1.165, 1.54) is 17.7 Å². The van der Waals surface area contributed by atoms with Crippen molar-refractivity contribution in [2.24, 2.45) is 5.73 Å². The minimum absolute atomic E-state index is 0.0833. The van der Waals surface area contributed by atoms with Crippen molar-refractivity contribution in [3.63, 3.8) is 0 Å². The highest BCUT2D eigenvalue weighted by Gasteiger charge is 2.32. The Morgan fingerprint density at radius 1 is 1.14 bits per heavy atom. The molecule has 1 aliphatic rings. The summed E-state index contributed by atoms with van der Waals surface area (Å²) in [5.41, 5.74) is 8.06. The van der Waals surface area contributed by atoms with Crippen LogP contribution in [0.1, 0.15) is 25.3 Å². The fraction of sp³-hybridized carbons (Fsp3) is 0.190. The molecule has 7 heteroatoms. The van der Waals surface area contributed by atoms with Crippen LogP contribution >= 0.6 is 11.8 Å². The van der Waals surface area contributed by atoms with Gasteiger partial charge in [-0.05, 0) is 42.7 Å². The molecule has 3 rings (SSSR count). The number of hydrogen-bond acceptors (Lipinski definition) is 6. The lowest BCUT2D eigenvalue weighted by Gasteiger charge is -2.22. The summed E-state index contributed by atoms with van der Waals surface area (Å²) in [4.78, 5) is 1.39. The molecular weight excluding hydrogens is 390 g/mol. The van der Waals surface area contributed by atoms with Gasteiger partial charge in [-0.2, -0.15) is 5.26 Å². The molecule has 1 aliphatic heterocycles. The Balaban J connectivity index is 2.03. The molecule has 2 aromatic rings. The number of allylic oxidation sites excluding steroid dienone is 1. The van der Waals surface area contributed by atoms with Gasteiger partial charge in [-0.15, -0.1) is 0 Å². The van der Waals surface area contributed by atoms with Gasteiger partial charge >= 0.3 is 0 Å². The molecule has 2 N–H and O–H groups in total. The average molecular weight is 412 g/mol. The smallest absolute Gasteiger partial charge is 0.219 e. The van der Waals surface area contributed by atoms with Crippen LogP contribution in [0.15, 0.2) is 80.7 Å². The van der Waals surface area contributed by atoms with Crippen LogP contribution in [0.4, 0.5) is 5.69 Å². The summed E-state index contributed by atoms with van der Waals surface area (Å²) in [7, 11) is -3.95. The third kappa shape index (κ3) is 3.93. The molecule has 0 atom stereocenters. The van der Waals surface area contributed by atoms with Crippen molar-refractivity contribution in [1.82, 2.24) is 0 Å². The molecular formula is C21H21N3O2S2. The maximum atomic E-state index is 13.0. The number of unbranched alkanes of at least 4 members (excludes halogenated alkanes) is 1. The van der Waals surface area contributed by atoms with E-state index >= 15 is 0 Å². The van der Waals surface area contributed by atoms with E-state index in [1.54, 1.807) is 28.5 Å². The highest BCUT2D eigenvalue weighted by atomic mass is 32.2. The Bertz CT molecular complexity index is 1050. The highest BCUT2D eigenvalue weighted by Crippen LogP contribution is 2.40. The SMILES string of the molecule is CCCCc1ccc(N2C(N)=CS/C2=C(/C#N)S(=O)(=O)c2ccccc2)cc1. The van der Waals surface area contributed by atoms with Crippen LogP contribution < -0.4 is 10.6 Å². The van der Waals surface area contributed by atoms with Crippen LogP contribution in [0, 0.1) is 11.3 Å². The summed E-state index contributed by atoms with van der Waals surface area (Å²) in [5.74, 6) is 0.386. The molecule has 0 radical (unpaired) electrons. The Kier molecular flexibility index (Phi) is 6.12. The number of benzene rings is 2. The van der Waals surface area contributed by atoms with E-state index < -0.39 is 9.84 Å². The van der Waals surface area contributed by atoms with Gasteiger partial charge in [0.1, 0.15) is 16.9 Å². The highest BCUT2D eigenvalue weighted by molar-refractivity contribution is 8.07. The molecule has 0 unspecified atom stereocenters. The van der Waals surface area contributed by atoms with Crippen molar-refractivity contribution >= 4 is 27.3 Å². The third-order valence-corrected chi connectivity index (χ3v) is 7.20. The fourth-order valence-corrected chi connectivity index (χ4v) is 5.37. The van der Waals surface area contributed by atoms with Gasteiger partial charge in [0.25, 0.3) is 0 Å². The van der Waals surface area contributed by atoms with E-state index in [0.29, 0.717) is 10.9 Å². The molecule has 2 aromatic carbocycles. The first-order chi connectivity index (χ1) is 13.5. The van der Waals surface area contributed by atoms with Crippen LogP contribution in [-0.2, 0) is 16.3 Å². The molecule has 0 fully saturated rings. The Hall–Kier alpha value is -2.69. The van der Waals surface area contributed by atoms with Crippen molar-refractivity contribution in [2.45, 2.75) is 31.1 Å². The number of nitrogens with zero attached hydrogens (tertiary/aromatic N) is 2. The number of hydrogen-bond donors (Lipinski definition) is 1. The summed E-state index contributed by atoms with van der Waals surface area (Å²) < 4.78 is 26.0. The maximum absolute atomic E-state index is 13.0. The van der Waals surface area contributed by atoms with E-state index in [0.717, 1.165) is 36.7 Å². The second-order valence-corrected chi connectivity index (χ2v) is 9.07. The molecule has 0 aromatic heterocycles. The van der Waals surface area contributed by atoms with Crippen LogP contribution in [0.2, 0.25) is 0 Å². The lowest BCUT2D eigenvalue weighted by molar-refractivity contribution is 0.603. The number of nitriles is 1. The van der Waals surface area contributed by atoms with Crippen molar-refractivity contribution in [3.8, 4) is 6.07 Å². The summed E-state index contributed by atoms with van der Waals surface area (Å²) in [5, 5.41) is 11.6. The number of sulfone groups is 1. The van der Waals surface area contributed by atoms with Gasteiger partial charge in [-0.3, -0.25) is 4.90 Å². The van der Waals surface area contributed by atoms with E-state index in [9.17, 15) is 13.7 Å². The molecule has 5 nitrogen and oxygen atoms in total. The van der Waals surface area contributed by atoms with Gasteiger partial charge in [0.15, 0.2) is 4.91 Å². The summed E-state index contributed by atoms with van der Waals surface area (Å²) in [6.45, 7) is 2.15. The number of rotatable bonds is 6. The van der Waals surface area contributed by atoms with Crippen LogP contribution in [-0.4, -0.2) is 8.42 Å². The predicted octanol–water partition coefficient (Wildman–Crippen LogP) is 4.51. The zero-order valence-electron chi connectivity index (χ0n) is 15.5. The van der Waals surface area contributed by atoms with Crippen LogP contribution in [0.5, 0.6) is 0 Å². The molecule has 1 heterocycles. The monoisotopic (exact) mass is 411 g/mol. The summed E-state index contributed by atoms with van der Waals surface area (Å²) >= 11 is 1.14. The zero-order chi connectivity index (χ0) is 20.1. The molecule has 0 saturated carbocycles. The normalized spacial score (nSPS) is 15.9. The first-order valence-electron chi connectivity index (χ1n) is 8.95. The zero-order valence-corrected chi connectivity index (χ0v) is 17.1. The molecule has 0 aliphatic carbocycles. The summed E-state index contributed by atoms with van der Waals surface area (Å²) in [6, 6.07) is 17.7. The second kappa shape index (κ2) is 8.55. The molecule has 0 spiro atoms. The Morgan fingerprint density at radius 2 is 1.82 bits per heavy atom. The van der Waals surface area contributed by atoms with Crippen molar-refractivity contribution < 1.29 is 8.42 Å². The topological polar surface area (TPSA) is 87.2 Å². The lowest BCUT2D eigenvalue weighted by atomic mass is 10.1. The average Bonchev–Trinajstić information content (AvgIpc) is 3.09. The van der Waals surface area contributed by atoms with Gasteiger partial charge < -0.3 is 5.73 Å². The van der Waals surface area contributed by atoms with Gasteiger partial charge in [0, 0.05) is 11.1 Å². The van der Waals surface area contributed by atoms with E-state index in [2.05, 4.69) is 6.92 Å². The molecule has 0 amide bonds. The second-order valence-electron chi connectivity index (χ2n) is 6.33. The van der Waals surface area contributed by atoms with E-state index in [1.807, 2.05) is 30.3 Å². The standard InChI is InChI=1S/C21H21N3O2S2/c1-2-3-7-16-10-12-17(13-11-16)24-20(23)15-27-21(24)19(14-22)28(25,26)18-8-5-4-6-9-18/h4-6,8-13,15H,2-3,7,23H2,1H3/b21-19-. The largest absolute Gasteiger partial charge is 0.384 e. The van der Waals surface area contributed by atoms with Crippen molar-refractivity contribution in [2.75, 3.05) is 4.90 Å². The van der Waals surface area contributed by atoms with Crippen molar-refractivity contribution in [3.05, 3.63) is 81.3 Å². The number of aryl methyl sites for hydroxylation is 1. The molecule has 0 saturated heterocycles. The number of nitrogens with two attached hydrogens (primary N) is 1. The first kappa shape index (κ1) is 20.1. The minimum Gasteiger partial charge on any atom is -0.384 e. The minimum atomic E-state index is -3.95. The Morgan fingerprint density at radius 3 is 2.43 bits per heavy atom. The van der Waals surface area contributed by atoms with E-state index in [-0.39, 0.29) is 9.80 Å². The third-order valence-electron chi connectivity index (χ3n) is 4.38. The van der Waals surface area contributed by atoms with Gasteiger partial charge in [-0.25, -0.2) is 8.42 Å². The van der Waals surface area contributed by atoms with Crippen molar-refractivity contribution in [1.29, 1.82) is 5.26 Å². The van der Waals surface area contributed by atoms with Crippen LogP contribution in [0.25, 0.3) is 0 Å². The van der Waals surface area contributed by atoms with Crippen LogP contribution in [0.3, 0.4) is 0 Å². The predicted molar refractivity (Wildman–Crippen MR) is 114 cm³/mol. The fourth-order valence-electron chi connectivity index (χ4n) is 2.89. The number of anilines is 1. The Labute approximate surface area is 170 Å².